The third-order valence-corrected chi connectivity index (χ3v) is 1.46. The zero-order chi connectivity index (χ0) is 7.07. The van der Waals surface area contributed by atoms with Crippen molar-refractivity contribution in [2.24, 2.45) is 0 Å². The summed E-state index contributed by atoms with van der Waals surface area (Å²) in [5.74, 6) is 0. The molecule has 0 aliphatic heterocycles. The molecule has 1 fully saturated rings. The van der Waals surface area contributed by atoms with E-state index < -0.39 is 6.18 Å². The molecule has 1 aliphatic carbocycles. The fourth-order valence-corrected chi connectivity index (χ4v) is 0.638. The molecule has 0 unspecified atom stereocenters. The molecule has 0 radical (unpaired) electrons. The van der Waals surface area contributed by atoms with E-state index in [4.69, 9.17) is 0 Å². The van der Waals surface area contributed by atoms with E-state index in [0.717, 1.165) is 6.92 Å². The summed E-state index contributed by atoms with van der Waals surface area (Å²) < 4.78 is 35.0. The first-order valence-electron chi connectivity index (χ1n) is 2.77. The molecule has 9 heavy (non-hydrogen) atoms. The summed E-state index contributed by atoms with van der Waals surface area (Å²) in [6.07, 6.45) is -2.79. The molecule has 1 aliphatic rings. The van der Waals surface area contributed by atoms with Gasteiger partial charge in [0.1, 0.15) is 0 Å². The number of alkyl halides is 3. The number of halogens is 3. The van der Waals surface area contributed by atoms with Crippen LogP contribution in [0.1, 0.15) is 19.8 Å². The molecule has 0 atom stereocenters. The van der Waals surface area contributed by atoms with Crippen molar-refractivity contribution in [1.29, 1.82) is 0 Å². The average Bonchev–Trinajstić information content (AvgIpc) is 2.40. The monoisotopic (exact) mass is 136 g/mol. The lowest BCUT2D eigenvalue weighted by molar-refractivity contribution is -0.0917. The van der Waals surface area contributed by atoms with Gasteiger partial charge >= 0.3 is 6.18 Å². The molecule has 0 heterocycles. The Morgan fingerprint density at radius 1 is 1.33 bits per heavy atom. The molecule has 0 amide bonds. The van der Waals surface area contributed by atoms with Crippen molar-refractivity contribution in [3.63, 3.8) is 0 Å². The Balaban J connectivity index is 2.73. The van der Waals surface area contributed by atoms with Crippen LogP contribution in [0.5, 0.6) is 0 Å². The highest BCUT2D eigenvalue weighted by atomic mass is 19.4. The zero-order valence-corrected chi connectivity index (χ0v) is 5.05. The lowest BCUT2D eigenvalue weighted by Gasteiger charge is -2.04. The lowest BCUT2D eigenvalue weighted by atomic mass is 10.3. The molecule has 1 saturated carbocycles. The normalized spacial score (nSPS) is 18.0. The van der Waals surface area contributed by atoms with Gasteiger partial charge in [-0.25, -0.2) is 0 Å². The van der Waals surface area contributed by atoms with Crippen LogP contribution in [0, 0.1) is 0 Å². The van der Waals surface area contributed by atoms with E-state index in [2.05, 4.69) is 0 Å². The summed E-state index contributed by atoms with van der Waals surface area (Å²) in [6, 6.07) is 0. The Morgan fingerprint density at radius 3 is 1.89 bits per heavy atom. The van der Waals surface area contributed by atoms with E-state index in [1.165, 1.54) is 0 Å². The maximum atomic E-state index is 11.7. The quantitative estimate of drug-likeness (QED) is 0.449. The number of allylic oxidation sites excluding steroid dienone is 2. The maximum Gasteiger partial charge on any atom is 0.412 e. The van der Waals surface area contributed by atoms with Crippen LogP contribution in [0.4, 0.5) is 13.2 Å². The molecule has 0 spiro atoms. The van der Waals surface area contributed by atoms with E-state index in [1.807, 2.05) is 0 Å². The van der Waals surface area contributed by atoms with Crippen LogP contribution in [0.3, 0.4) is 0 Å². The highest BCUT2D eigenvalue weighted by molar-refractivity contribution is 5.26. The third kappa shape index (κ3) is 1.47. The van der Waals surface area contributed by atoms with Gasteiger partial charge in [0.05, 0.1) is 0 Å². The van der Waals surface area contributed by atoms with Crippen LogP contribution in [-0.2, 0) is 0 Å². The smallest absolute Gasteiger partial charge is 0.166 e. The Hall–Kier alpha value is -0.470. The molecule has 52 valence electrons. The first-order chi connectivity index (χ1) is 4.02. The third-order valence-electron chi connectivity index (χ3n) is 1.46. The molecular formula is C6H7F3. The van der Waals surface area contributed by atoms with E-state index in [1.54, 1.807) is 0 Å². The minimum absolute atomic E-state index is 0.387. The highest BCUT2D eigenvalue weighted by Gasteiger charge is 2.35. The minimum atomic E-state index is -4.08. The molecule has 1 rings (SSSR count). The van der Waals surface area contributed by atoms with Crippen molar-refractivity contribution < 1.29 is 13.2 Å². The second-order valence-electron chi connectivity index (χ2n) is 2.23. The van der Waals surface area contributed by atoms with Gasteiger partial charge in [-0.2, -0.15) is 13.2 Å². The van der Waals surface area contributed by atoms with E-state index in [0.29, 0.717) is 18.4 Å². The predicted octanol–water partition coefficient (Wildman–Crippen LogP) is 2.66. The van der Waals surface area contributed by atoms with Crippen molar-refractivity contribution in [2.75, 3.05) is 0 Å². The topological polar surface area (TPSA) is 0 Å². The van der Waals surface area contributed by atoms with Crippen LogP contribution in [0.15, 0.2) is 11.1 Å². The van der Waals surface area contributed by atoms with Gasteiger partial charge in [-0.1, -0.05) is 5.57 Å². The first-order valence-corrected chi connectivity index (χ1v) is 2.77. The van der Waals surface area contributed by atoms with Gasteiger partial charge in [0.25, 0.3) is 0 Å². The predicted molar refractivity (Wildman–Crippen MR) is 28.0 cm³/mol. The molecule has 0 aromatic rings. The van der Waals surface area contributed by atoms with Gasteiger partial charge in [-0.3, -0.25) is 0 Å². The summed E-state index contributed by atoms with van der Waals surface area (Å²) in [7, 11) is 0. The van der Waals surface area contributed by atoms with Crippen LogP contribution >= 0.6 is 0 Å². The number of hydrogen-bond acceptors (Lipinski definition) is 0. The van der Waals surface area contributed by atoms with Crippen molar-refractivity contribution in [1.82, 2.24) is 0 Å². The minimum Gasteiger partial charge on any atom is -0.166 e. The van der Waals surface area contributed by atoms with Gasteiger partial charge < -0.3 is 0 Å². The van der Waals surface area contributed by atoms with Gasteiger partial charge in [-0.15, -0.1) is 0 Å². The standard InChI is InChI=1S/C6H7F3/c1-4(5-2-3-5)6(7,8)9/h2-3H2,1H3. The van der Waals surface area contributed by atoms with E-state index in [9.17, 15) is 13.2 Å². The second kappa shape index (κ2) is 1.75. The molecule has 0 saturated heterocycles. The van der Waals surface area contributed by atoms with Crippen molar-refractivity contribution in [2.45, 2.75) is 25.9 Å². The molecule has 0 aromatic heterocycles. The summed E-state index contributed by atoms with van der Waals surface area (Å²) in [6.45, 7) is 1.14. The van der Waals surface area contributed by atoms with Gasteiger partial charge in [-0.05, 0) is 19.8 Å². The van der Waals surface area contributed by atoms with Crippen LogP contribution in [-0.4, -0.2) is 6.18 Å². The fourth-order valence-electron chi connectivity index (χ4n) is 0.638. The van der Waals surface area contributed by atoms with E-state index >= 15 is 0 Å². The fraction of sp³-hybridized carbons (Fsp3) is 0.667. The Bertz CT molecular complexity index is 146. The first kappa shape index (κ1) is 6.65. The Morgan fingerprint density at radius 2 is 1.78 bits per heavy atom. The molecule has 0 N–H and O–H groups in total. The largest absolute Gasteiger partial charge is 0.412 e. The van der Waals surface area contributed by atoms with Crippen molar-refractivity contribution in [3.05, 3.63) is 11.1 Å². The molecule has 3 heteroatoms. The molecular weight excluding hydrogens is 129 g/mol. The summed E-state index contributed by atoms with van der Waals surface area (Å²) >= 11 is 0. The van der Waals surface area contributed by atoms with Gasteiger partial charge in [0, 0.05) is 5.57 Å². The highest BCUT2D eigenvalue weighted by Crippen LogP contribution is 2.38. The maximum absolute atomic E-state index is 11.7. The number of hydrogen-bond donors (Lipinski definition) is 0. The summed E-state index contributed by atoms with van der Waals surface area (Å²) in [5.41, 5.74) is 0.185. The zero-order valence-electron chi connectivity index (χ0n) is 5.05. The van der Waals surface area contributed by atoms with Crippen molar-refractivity contribution in [3.8, 4) is 0 Å². The molecule has 0 bridgehead atoms. The molecule has 0 nitrogen and oxygen atoms in total. The van der Waals surface area contributed by atoms with E-state index in [-0.39, 0.29) is 5.57 Å². The molecule has 0 aromatic carbocycles. The van der Waals surface area contributed by atoms with Crippen LogP contribution < -0.4 is 0 Å². The lowest BCUT2D eigenvalue weighted by Crippen LogP contribution is -2.08. The Labute approximate surface area is 51.4 Å². The van der Waals surface area contributed by atoms with Crippen LogP contribution in [0.2, 0.25) is 0 Å². The SMILES string of the molecule is CC(=C1CC1)C(F)(F)F. The van der Waals surface area contributed by atoms with Crippen LogP contribution in [0.25, 0.3) is 0 Å². The van der Waals surface area contributed by atoms with Gasteiger partial charge in [0.15, 0.2) is 0 Å². The second-order valence-corrected chi connectivity index (χ2v) is 2.23. The summed E-state index contributed by atoms with van der Waals surface area (Å²) in [4.78, 5) is 0. The average molecular weight is 136 g/mol. The Kier molecular flexibility index (Phi) is 1.30. The van der Waals surface area contributed by atoms with Crippen molar-refractivity contribution >= 4 is 0 Å². The summed E-state index contributed by atoms with van der Waals surface area (Å²) in [5, 5.41) is 0. The van der Waals surface area contributed by atoms with Gasteiger partial charge in [0.2, 0.25) is 0 Å². The number of rotatable bonds is 0.